The Labute approximate surface area is 157 Å². The van der Waals surface area contributed by atoms with Gasteiger partial charge in [-0.3, -0.25) is 19.2 Å². The van der Waals surface area contributed by atoms with Crippen LogP contribution in [0.25, 0.3) is 0 Å². The first-order valence-electron chi connectivity index (χ1n) is 9.88. The second-order valence-electron chi connectivity index (χ2n) is 6.47. The van der Waals surface area contributed by atoms with Crippen molar-refractivity contribution < 1.29 is 28.7 Å². The molecule has 6 heteroatoms. The summed E-state index contributed by atoms with van der Waals surface area (Å²) in [5, 5.41) is 0. The van der Waals surface area contributed by atoms with E-state index in [0.717, 1.165) is 32.1 Å². The molecule has 0 saturated carbocycles. The van der Waals surface area contributed by atoms with E-state index in [1.807, 2.05) is 13.8 Å². The molecule has 1 atom stereocenters. The van der Waals surface area contributed by atoms with Crippen LogP contribution in [0.1, 0.15) is 91.4 Å². The number of ether oxygens (including phenoxy) is 2. The van der Waals surface area contributed by atoms with Crippen LogP contribution in [0.5, 0.6) is 0 Å². The number of carbonyl (C=O) groups excluding carboxylic acids is 4. The Hall–Kier alpha value is -1.72. The van der Waals surface area contributed by atoms with Crippen molar-refractivity contribution in [3.05, 3.63) is 0 Å². The minimum absolute atomic E-state index is 0.131. The van der Waals surface area contributed by atoms with Crippen molar-refractivity contribution in [2.45, 2.75) is 97.5 Å². The SMILES string of the molecule is CCCCCCC(=O)C(=O)C(COC(=O)CCCC)OC(=O)CCCC. The summed E-state index contributed by atoms with van der Waals surface area (Å²) in [5.41, 5.74) is 0. The third-order valence-electron chi connectivity index (χ3n) is 3.96. The Balaban J connectivity index is 4.67. The Morgan fingerprint density at radius 1 is 0.692 bits per heavy atom. The zero-order valence-corrected chi connectivity index (χ0v) is 16.5. The maximum absolute atomic E-state index is 12.3. The monoisotopic (exact) mass is 370 g/mol. The van der Waals surface area contributed by atoms with E-state index in [-0.39, 0.29) is 25.9 Å². The van der Waals surface area contributed by atoms with Gasteiger partial charge in [-0.15, -0.1) is 0 Å². The molecule has 26 heavy (non-hydrogen) atoms. The number of unbranched alkanes of at least 4 members (excludes halogenated alkanes) is 5. The number of rotatable bonds is 16. The fourth-order valence-electron chi connectivity index (χ4n) is 2.28. The topological polar surface area (TPSA) is 86.7 Å². The zero-order valence-electron chi connectivity index (χ0n) is 16.5. The lowest BCUT2D eigenvalue weighted by Gasteiger charge is -2.16. The van der Waals surface area contributed by atoms with Gasteiger partial charge >= 0.3 is 11.9 Å². The molecule has 0 radical (unpaired) electrons. The second-order valence-corrected chi connectivity index (χ2v) is 6.47. The van der Waals surface area contributed by atoms with E-state index in [9.17, 15) is 19.2 Å². The number of Topliss-reactive ketones (excluding diaryl/α,β-unsaturated/α-hetero) is 2. The summed E-state index contributed by atoms with van der Waals surface area (Å²) in [6, 6.07) is 0. The van der Waals surface area contributed by atoms with Gasteiger partial charge in [-0.25, -0.2) is 0 Å². The van der Waals surface area contributed by atoms with E-state index in [4.69, 9.17) is 9.47 Å². The highest BCUT2D eigenvalue weighted by atomic mass is 16.6. The fraction of sp³-hybridized carbons (Fsp3) is 0.800. The molecular weight excluding hydrogens is 336 g/mol. The van der Waals surface area contributed by atoms with Gasteiger partial charge in [-0.1, -0.05) is 52.9 Å². The molecule has 0 aliphatic carbocycles. The van der Waals surface area contributed by atoms with Crippen LogP contribution in [0, 0.1) is 0 Å². The third-order valence-corrected chi connectivity index (χ3v) is 3.96. The van der Waals surface area contributed by atoms with E-state index >= 15 is 0 Å². The first-order valence-corrected chi connectivity index (χ1v) is 9.88. The van der Waals surface area contributed by atoms with Crippen LogP contribution in [0.3, 0.4) is 0 Å². The summed E-state index contributed by atoms with van der Waals surface area (Å²) in [6.45, 7) is 5.56. The molecule has 0 aromatic carbocycles. The van der Waals surface area contributed by atoms with Gasteiger partial charge in [0.15, 0.2) is 0 Å². The van der Waals surface area contributed by atoms with Gasteiger partial charge in [0.2, 0.25) is 17.7 Å². The van der Waals surface area contributed by atoms with E-state index in [0.29, 0.717) is 19.3 Å². The summed E-state index contributed by atoms with van der Waals surface area (Å²) in [5.74, 6) is -2.35. The molecule has 0 aliphatic rings. The molecule has 6 nitrogen and oxygen atoms in total. The Bertz CT molecular complexity index is 444. The van der Waals surface area contributed by atoms with Crippen LogP contribution in [-0.2, 0) is 28.7 Å². The van der Waals surface area contributed by atoms with E-state index < -0.39 is 29.6 Å². The normalized spacial score (nSPS) is 11.7. The highest BCUT2D eigenvalue weighted by Crippen LogP contribution is 2.09. The van der Waals surface area contributed by atoms with Gasteiger partial charge in [-0.05, 0) is 19.3 Å². The van der Waals surface area contributed by atoms with Crippen LogP contribution in [-0.4, -0.2) is 36.2 Å². The molecule has 0 heterocycles. The molecule has 0 saturated heterocycles. The Morgan fingerprint density at radius 2 is 1.27 bits per heavy atom. The maximum Gasteiger partial charge on any atom is 0.306 e. The molecule has 0 fully saturated rings. The predicted molar refractivity (Wildman–Crippen MR) is 98.7 cm³/mol. The van der Waals surface area contributed by atoms with Gasteiger partial charge in [0.1, 0.15) is 6.61 Å². The summed E-state index contributed by atoms with van der Waals surface area (Å²) in [7, 11) is 0. The van der Waals surface area contributed by atoms with Gasteiger partial charge in [0.25, 0.3) is 0 Å². The minimum atomic E-state index is -1.33. The maximum atomic E-state index is 12.3. The van der Waals surface area contributed by atoms with Crippen molar-refractivity contribution in [3.63, 3.8) is 0 Å². The molecule has 0 N–H and O–H groups in total. The largest absolute Gasteiger partial charge is 0.461 e. The molecule has 0 amide bonds. The van der Waals surface area contributed by atoms with Crippen molar-refractivity contribution in [3.8, 4) is 0 Å². The number of esters is 2. The number of hydrogen-bond donors (Lipinski definition) is 0. The van der Waals surface area contributed by atoms with Crippen LogP contribution >= 0.6 is 0 Å². The van der Waals surface area contributed by atoms with Gasteiger partial charge in [-0.2, -0.15) is 0 Å². The average molecular weight is 370 g/mol. The molecule has 0 aliphatic heterocycles. The standard InChI is InChI=1S/C20H34O6/c1-4-7-10-11-12-16(21)20(24)17(26-19(23)14-9-6-3)15-25-18(22)13-8-5-2/h17H,4-15H2,1-3H3. The highest BCUT2D eigenvalue weighted by molar-refractivity contribution is 6.39. The van der Waals surface area contributed by atoms with E-state index in [1.165, 1.54) is 0 Å². The lowest BCUT2D eigenvalue weighted by atomic mass is 10.0. The molecular formula is C20H34O6. The summed E-state index contributed by atoms with van der Waals surface area (Å²) < 4.78 is 10.2. The molecule has 150 valence electrons. The van der Waals surface area contributed by atoms with Crippen molar-refractivity contribution in [2.75, 3.05) is 6.61 Å². The first kappa shape index (κ1) is 24.3. The summed E-state index contributed by atoms with van der Waals surface area (Å²) in [6.07, 6.45) is 5.75. The van der Waals surface area contributed by atoms with Crippen molar-refractivity contribution in [1.82, 2.24) is 0 Å². The highest BCUT2D eigenvalue weighted by Gasteiger charge is 2.29. The van der Waals surface area contributed by atoms with Crippen LogP contribution in [0.15, 0.2) is 0 Å². The number of ketones is 2. The van der Waals surface area contributed by atoms with Gasteiger partial charge in [0.05, 0.1) is 0 Å². The third kappa shape index (κ3) is 11.8. The van der Waals surface area contributed by atoms with E-state index in [2.05, 4.69) is 6.92 Å². The number of carbonyl (C=O) groups is 4. The average Bonchev–Trinajstić information content (AvgIpc) is 2.64. The second kappa shape index (κ2) is 15.5. The molecule has 0 aromatic rings. The smallest absolute Gasteiger partial charge is 0.306 e. The number of hydrogen-bond acceptors (Lipinski definition) is 6. The van der Waals surface area contributed by atoms with Gasteiger partial charge in [0, 0.05) is 19.3 Å². The van der Waals surface area contributed by atoms with Crippen molar-refractivity contribution in [2.24, 2.45) is 0 Å². The van der Waals surface area contributed by atoms with Crippen molar-refractivity contribution >= 4 is 23.5 Å². The van der Waals surface area contributed by atoms with Crippen molar-refractivity contribution in [1.29, 1.82) is 0 Å². The predicted octanol–water partition coefficient (Wildman–Crippen LogP) is 3.93. The molecule has 0 bridgehead atoms. The summed E-state index contributed by atoms with van der Waals surface area (Å²) in [4.78, 5) is 47.9. The van der Waals surface area contributed by atoms with Crippen LogP contribution in [0.2, 0.25) is 0 Å². The molecule has 0 rings (SSSR count). The molecule has 1 unspecified atom stereocenters. The van der Waals surface area contributed by atoms with Crippen LogP contribution in [0.4, 0.5) is 0 Å². The lowest BCUT2D eigenvalue weighted by Crippen LogP contribution is -2.37. The summed E-state index contributed by atoms with van der Waals surface area (Å²) >= 11 is 0. The van der Waals surface area contributed by atoms with Crippen LogP contribution < -0.4 is 0 Å². The quantitative estimate of drug-likeness (QED) is 0.232. The molecule has 0 aromatic heterocycles. The van der Waals surface area contributed by atoms with E-state index in [1.54, 1.807) is 0 Å². The molecule has 0 spiro atoms. The Morgan fingerprint density at radius 3 is 1.85 bits per heavy atom. The fourth-order valence-corrected chi connectivity index (χ4v) is 2.28. The lowest BCUT2D eigenvalue weighted by molar-refractivity contribution is -0.165. The van der Waals surface area contributed by atoms with Gasteiger partial charge < -0.3 is 9.47 Å². The minimum Gasteiger partial charge on any atom is -0.461 e. The first-order chi connectivity index (χ1) is 12.5. The zero-order chi connectivity index (χ0) is 19.8. The Kier molecular flexibility index (Phi) is 14.5.